The number of hydrogen-bond acceptors (Lipinski definition) is 3. The highest BCUT2D eigenvalue weighted by atomic mass is 127. The van der Waals surface area contributed by atoms with Crippen LogP contribution >= 0.6 is 24.0 Å². The van der Waals surface area contributed by atoms with Crippen LogP contribution in [0.5, 0.6) is 0 Å². The van der Waals surface area contributed by atoms with E-state index in [0.29, 0.717) is 25.0 Å². The lowest BCUT2D eigenvalue weighted by atomic mass is 10.2. The molecule has 1 amide bonds. The summed E-state index contributed by atoms with van der Waals surface area (Å²) in [5.74, 6) is 1.25. The van der Waals surface area contributed by atoms with Gasteiger partial charge in [0.25, 0.3) is 0 Å². The number of hydrogen-bond donors (Lipinski definition) is 2. The van der Waals surface area contributed by atoms with Crippen molar-refractivity contribution in [1.82, 2.24) is 15.5 Å². The van der Waals surface area contributed by atoms with Gasteiger partial charge >= 0.3 is 0 Å². The summed E-state index contributed by atoms with van der Waals surface area (Å²) < 4.78 is 5.26. The number of carbonyl (C=O) groups is 1. The van der Waals surface area contributed by atoms with Crippen LogP contribution < -0.4 is 10.6 Å². The Morgan fingerprint density at radius 1 is 1.45 bits per heavy atom. The van der Waals surface area contributed by atoms with Gasteiger partial charge < -0.3 is 20.3 Å². The van der Waals surface area contributed by atoms with Crippen molar-refractivity contribution in [2.24, 2.45) is 10.9 Å². The van der Waals surface area contributed by atoms with Crippen LogP contribution in [0.1, 0.15) is 19.8 Å². The number of carbonyl (C=O) groups excluding carboxylic acids is 1. The van der Waals surface area contributed by atoms with Crippen LogP contribution in [-0.2, 0) is 9.53 Å². The van der Waals surface area contributed by atoms with E-state index >= 15 is 0 Å². The maximum Gasteiger partial charge on any atom is 0.243 e. The lowest BCUT2D eigenvalue weighted by Crippen LogP contribution is -2.47. The lowest BCUT2D eigenvalue weighted by Gasteiger charge is -2.21. The molecule has 0 spiro atoms. The molecule has 1 aliphatic carbocycles. The van der Waals surface area contributed by atoms with Crippen LogP contribution in [0.25, 0.3) is 0 Å². The SMILES string of the molecule is C=C(C)CNC(=NCC(=O)N(C)C)NC(COC)C1CC1.I. The van der Waals surface area contributed by atoms with Crippen molar-refractivity contribution < 1.29 is 9.53 Å². The van der Waals surface area contributed by atoms with Gasteiger partial charge in [0.15, 0.2) is 5.96 Å². The molecule has 22 heavy (non-hydrogen) atoms. The van der Waals surface area contributed by atoms with Gasteiger partial charge in [0.05, 0.1) is 12.6 Å². The van der Waals surface area contributed by atoms with E-state index in [1.807, 2.05) is 6.92 Å². The molecule has 0 bridgehead atoms. The normalized spacial score (nSPS) is 15.5. The summed E-state index contributed by atoms with van der Waals surface area (Å²) in [4.78, 5) is 17.6. The average Bonchev–Trinajstić information content (AvgIpc) is 3.24. The van der Waals surface area contributed by atoms with Crippen molar-refractivity contribution >= 4 is 35.8 Å². The summed E-state index contributed by atoms with van der Waals surface area (Å²) in [7, 11) is 5.15. The Balaban J connectivity index is 0.00000441. The van der Waals surface area contributed by atoms with Gasteiger partial charge in [-0.15, -0.1) is 24.0 Å². The second-order valence-corrected chi connectivity index (χ2v) is 5.81. The molecule has 0 aromatic carbocycles. The number of likely N-dealkylation sites (N-methyl/N-ethyl adjacent to an activating group) is 1. The third-order valence-corrected chi connectivity index (χ3v) is 3.29. The molecule has 0 heterocycles. The van der Waals surface area contributed by atoms with Crippen LogP contribution in [0.3, 0.4) is 0 Å². The van der Waals surface area contributed by atoms with Crippen molar-refractivity contribution in [1.29, 1.82) is 0 Å². The van der Waals surface area contributed by atoms with E-state index in [-0.39, 0.29) is 42.5 Å². The van der Waals surface area contributed by atoms with Crippen LogP contribution in [0.2, 0.25) is 0 Å². The zero-order chi connectivity index (χ0) is 15.8. The van der Waals surface area contributed by atoms with Crippen molar-refractivity contribution in [3.05, 3.63) is 12.2 Å². The van der Waals surface area contributed by atoms with E-state index in [1.54, 1.807) is 21.2 Å². The smallest absolute Gasteiger partial charge is 0.243 e. The maximum absolute atomic E-state index is 11.7. The molecule has 7 heteroatoms. The fraction of sp³-hybridized carbons (Fsp3) is 0.733. The van der Waals surface area contributed by atoms with E-state index in [0.717, 1.165) is 5.57 Å². The molecule has 0 saturated heterocycles. The average molecular weight is 424 g/mol. The number of ether oxygens (including phenoxy) is 1. The van der Waals surface area contributed by atoms with Crippen LogP contribution in [-0.4, -0.2) is 63.7 Å². The molecular formula is C15H29IN4O2. The Hall–Kier alpha value is -0.830. The first-order valence-corrected chi connectivity index (χ1v) is 7.32. The number of aliphatic imine (C=N–C) groups is 1. The first-order valence-electron chi connectivity index (χ1n) is 7.32. The second kappa shape index (κ2) is 10.8. The number of nitrogens with one attached hydrogen (secondary N) is 2. The predicted molar refractivity (Wildman–Crippen MR) is 101 cm³/mol. The molecule has 6 nitrogen and oxygen atoms in total. The number of methoxy groups -OCH3 is 1. The molecule has 1 atom stereocenters. The zero-order valence-corrected chi connectivity index (χ0v) is 16.3. The first-order chi connectivity index (χ1) is 9.93. The number of halogens is 1. The first kappa shape index (κ1) is 21.2. The Morgan fingerprint density at radius 3 is 2.55 bits per heavy atom. The Morgan fingerprint density at radius 2 is 2.09 bits per heavy atom. The third kappa shape index (κ3) is 8.57. The summed E-state index contributed by atoms with van der Waals surface area (Å²) in [6.45, 7) is 7.21. The van der Waals surface area contributed by atoms with Crippen LogP contribution in [0.4, 0.5) is 0 Å². The van der Waals surface area contributed by atoms with Gasteiger partial charge in [-0.2, -0.15) is 0 Å². The topological polar surface area (TPSA) is 66.0 Å². The molecule has 128 valence electrons. The molecule has 1 saturated carbocycles. The quantitative estimate of drug-likeness (QED) is 0.266. The second-order valence-electron chi connectivity index (χ2n) is 5.81. The monoisotopic (exact) mass is 424 g/mol. The molecule has 0 aromatic heterocycles. The molecule has 1 rings (SSSR count). The molecule has 1 unspecified atom stereocenters. The standard InChI is InChI=1S/C15H28N4O2.HI/c1-11(2)8-16-15(17-9-14(20)19(3)4)18-13(10-21-5)12-6-7-12;/h12-13H,1,6-10H2,2-5H3,(H2,16,17,18);1H. The minimum atomic E-state index is -0.0267. The van der Waals surface area contributed by atoms with Gasteiger partial charge in [-0.1, -0.05) is 12.2 Å². The van der Waals surface area contributed by atoms with E-state index < -0.39 is 0 Å². The molecule has 0 aliphatic heterocycles. The maximum atomic E-state index is 11.7. The molecule has 1 fully saturated rings. The van der Waals surface area contributed by atoms with Crippen LogP contribution in [0, 0.1) is 5.92 Å². The number of nitrogens with zero attached hydrogens (tertiary/aromatic N) is 2. The zero-order valence-electron chi connectivity index (χ0n) is 14.0. The molecule has 0 aromatic rings. The number of rotatable bonds is 8. The highest BCUT2D eigenvalue weighted by Crippen LogP contribution is 2.32. The molecule has 2 N–H and O–H groups in total. The van der Waals surface area contributed by atoms with Gasteiger partial charge in [0.1, 0.15) is 6.54 Å². The van der Waals surface area contributed by atoms with Gasteiger partial charge in [-0.25, -0.2) is 4.99 Å². The molecular weight excluding hydrogens is 395 g/mol. The van der Waals surface area contributed by atoms with Crippen molar-refractivity contribution in [2.45, 2.75) is 25.8 Å². The van der Waals surface area contributed by atoms with Gasteiger partial charge in [-0.3, -0.25) is 4.79 Å². The van der Waals surface area contributed by atoms with E-state index in [1.165, 1.54) is 17.7 Å². The highest BCUT2D eigenvalue weighted by molar-refractivity contribution is 14.0. The fourth-order valence-corrected chi connectivity index (χ4v) is 1.82. The van der Waals surface area contributed by atoms with E-state index in [4.69, 9.17) is 4.74 Å². The molecule has 1 aliphatic rings. The Labute approximate surface area is 150 Å². The van der Waals surface area contributed by atoms with Gasteiger partial charge in [0.2, 0.25) is 5.91 Å². The fourth-order valence-electron chi connectivity index (χ4n) is 1.82. The van der Waals surface area contributed by atoms with Gasteiger partial charge in [0, 0.05) is 27.7 Å². The van der Waals surface area contributed by atoms with E-state index in [2.05, 4.69) is 22.2 Å². The summed E-state index contributed by atoms with van der Waals surface area (Å²) in [6.07, 6.45) is 2.43. The minimum absolute atomic E-state index is 0. The minimum Gasteiger partial charge on any atom is -0.383 e. The van der Waals surface area contributed by atoms with Gasteiger partial charge in [-0.05, 0) is 25.7 Å². The third-order valence-electron chi connectivity index (χ3n) is 3.29. The summed E-state index contributed by atoms with van der Waals surface area (Å²) in [5, 5.41) is 6.57. The van der Waals surface area contributed by atoms with Crippen molar-refractivity contribution in [3.63, 3.8) is 0 Å². The summed E-state index contributed by atoms with van der Waals surface area (Å²) in [6, 6.07) is 0.237. The number of guanidine groups is 1. The highest BCUT2D eigenvalue weighted by Gasteiger charge is 2.31. The largest absolute Gasteiger partial charge is 0.383 e. The van der Waals surface area contributed by atoms with Crippen molar-refractivity contribution in [3.8, 4) is 0 Å². The van der Waals surface area contributed by atoms with E-state index in [9.17, 15) is 4.79 Å². The summed E-state index contributed by atoms with van der Waals surface area (Å²) in [5.41, 5.74) is 1.01. The Kier molecular flexibility index (Phi) is 10.4. The number of amides is 1. The predicted octanol–water partition coefficient (Wildman–Crippen LogP) is 1.23. The molecule has 0 radical (unpaired) electrons. The lowest BCUT2D eigenvalue weighted by molar-refractivity contribution is -0.127. The Bertz CT molecular complexity index is 395. The van der Waals surface area contributed by atoms with Crippen LogP contribution in [0.15, 0.2) is 17.1 Å². The summed E-state index contributed by atoms with van der Waals surface area (Å²) >= 11 is 0. The van der Waals surface area contributed by atoms with Crippen molar-refractivity contribution in [2.75, 3.05) is 40.9 Å².